The topological polar surface area (TPSA) is 51.5 Å². The molecule has 0 aliphatic heterocycles. The predicted molar refractivity (Wildman–Crippen MR) is 145 cm³/mol. The zero-order valence-electron chi connectivity index (χ0n) is 19.9. The molecule has 178 valence electrons. The number of aryl methyl sites for hydroxylation is 1. The van der Waals surface area contributed by atoms with Gasteiger partial charge in [0, 0.05) is 35.3 Å². The van der Waals surface area contributed by atoms with Crippen molar-refractivity contribution in [2.75, 3.05) is 0 Å². The minimum absolute atomic E-state index is 0.113. The van der Waals surface area contributed by atoms with Crippen LogP contribution in [0.4, 0.5) is 0 Å². The smallest absolute Gasteiger partial charge is 0.303 e. The van der Waals surface area contributed by atoms with E-state index in [-0.39, 0.29) is 6.42 Å². The Kier molecular flexibility index (Phi) is 6.95. The van der Waals surface area contributed by atoms with Crippen LogP contribution in [0.2, 0.25) is 0 Å². The van der Waals surface area contributed by atoms with E-state index in [4.69, 9.17) is 9.84 Å². The number of nitrogens with zero attached hydrogens (tertiary/aromatic N) is 1. The van der Waals surface area contributed by atoms with E-state index in [1.165, 1.54) is 0 Å². The van der Waals surface area contributed by atoms with Gasteiger partial charge in [0.2, 0.25) is 0 Å². The van der Waals surface area contributed by atoms with Crippen molar-refractivity contribution in [3.05, 3.63) is 132 Å². The molecule has 0 fully saturated rings. The molecule has 4 nitrogen and oxygen atoms in total. The zero-order valence-corrected chi connectivity index (χ0v) is 19.9. The normalized spacial score (nSPS) is 11.2. The van der Waals surface area contributed by atoms with Gasteiger partial charge in [0.1, 0.15) is 12.4 Å². The van der Waals surface area contributed by atoms with Crippen LogP contribution < -0.4 is 4.74 Å². The summed E-state index contributed by atoms with van der Waals surface area (Å²) in [6.07, 6.45) is 6.96. The van der Waals surface area contributed by atoms with Crippen molar-refractivity contribution in [1.29, 1.82) is 0 Å². The Balaban J connectivity index is 1.50. The predicted octanol–water partition coefficient (Wildman–Crippen LogP) is 7.40. The molecule has 5 rings (SSSR count). The number of hydrogen-bond acceptors (Lipinski definition) is 2. The lowest BCUT2D eigenvalue weighted by atomic mass is 10.0. The van der Waals surface area contributed by atoms with Crippen LogP contribution in [0.15, 0.2) is 109 Å². The molecule has 0 unspecified atom stereocenters. The third kappa shape index (κ3) is 5.56. The minimum atomic E-state index is -0.788. The number of ether oxygens (including phenoxy) is 1. The standard InChI is InChI=1S/C32H27NO3/c34-32(35)19-16-25-15-18-31-30(20-25)27(17-14-24-8-3-1-4-9-24)22-33(31)28-12-7-13-29(21-28)36-23-26-10-5-2-6-11-26/h1-15,17-18,20-22H,16,19,23H2,(H,34,35). The summed E-state index contributed by atoms with van der Waals surface area (Å²) < 4.78 is 8.23. The lowest BCUT2D eigenvalue weighted by molar-refractivity contribution is -0.136. The van der Waals surface area contributed by atoms with Crippen LogP contribution >= 0.6 is 0 Å². The third-order valence-electron chi connectivity index (χ3n) is 6.13. The molecule has 0 saturated carbocycles. The molecule has 0 spiro atoms. The van der Waals surface area contributed by atoms with E-state index in [9.17, 15) is 4.79 Å². The molecule has 5 aromatic rings. The van der Waals surface area contributed by atoms with Crippen molar-refractivity contribution in [2.45, 2.75) is 19.4 Å². The number of benzene rings is 4. The first-order valence-electron chi connectivity index (χ1n) is 12.0. The van der Waals surface area contributed by atoms with Gasteiger partial charge in [0.05, 0.1) is 5.52 Å². The highest BCUT2D eigenvalue weighted by Gasteiger charge is 2.11. The van der Waals surface area contributed by atoms with Crippen LogP contribution in [0.5, 0.6) is 5.75 Å². The van der Waals surface area contributed by atoms with Gasteiger partial charge < -0.3 is 14.4 Å². The Bertz CT molecular complexity index is 1500. The van der Waals surface area contributed by atoms with Gasteiger partial charge in [-0.2, -0.15) is 0 Å². The second kappa shape index (κ2) is 10.8. The van der Waals surface area contributed by atoms with Crippen molar-refractivity contribution >= 4 is 29.0 Å². The maximum Gasteiger partial charge on any atom is 0.303 e. The van der Waals surface area contributed by atoms with Gasteiger partial charge in [-0.25, -0.2) is 0 Å². The Labute approximate surface area is 210 Å². The minimum Gasteiger partial charge on any atom is -0.489 e. The van der Waals surface area contributed by atoms with E-state index >= 15 is 0 Å². The van der Waals surface area contributed by atoms with Crippen molar-refractivity contribution < 1.29 is 14.6 Å². The van der Waals surface area contributed by atoms with Gasteiger partial charge in [-0.3, -0.25) is 4.79 Å². The van der Waals surface area contributed by atoms with Crippen molar-refractivity contribution in [3.63, 3.8) is 0 Å². The molecule has 0 atom stereocenters. The van der Waals surface area contributed by atoms with Gasteiger partial charge in [-0.15, -0.1) is 0 Å². The quantitative estimate of drug-likeness (QED) is 0.243. The molecule has 0 aliphatic carbocycles. The molecule has 4 heteroatoms. The highest BCUT2D eigenvalue weighted by Crippen LogP contribution is 2.29. The fourth-order valence-electron chi connectivity index (χ4n) is 4.27. The second-order valence-corrected chi connectivity index (χ2v) is 8.72. The highest BCUT2D eigenvalue weighted by molar-refractivity contribution is 5.93. The van der Waals surface area contributed by atoms with E-state index in [2.05, 4.69) is 65.4 Å². The highest BCUT2D eigenvalue weighted by atomic mass is 16.5. The van der Waals surface area contributed by atoms with E-state index in [1.807, 2.05) is 60.7 Å². The third-order valence-corrected chi connectivity index (χ3v) is 6.13. The summed E-state index contributed by atoms with van der Waals surface area (Å²) >= 11 is 0. The summed E-state index contributed by atoms with van der Waals surface area (Å²) in [4.78, 5) is 11.1. The van der Waals surface area contributed by atoms with Crippen LogP contribution in [-0.4, -0.2) is 15.6 Å². The SMILES string of the molecule is O=C(O)CCc1ccc2c(c1)c(C=Cc1ccccc1)cn2-c1cccc(OCc2ccccc2)c1. The summed E-state index contributed by atoms with van der Waals surface area (Å²) in [6, 6.07) is 34.6. The molecule has 36 heavy (non-hydrogen) atoms. The fraction of sp³-hybridized carbons (Fsp3) is 0.0938. The second-order valence-electron chi connectivity index (χ2n) is 8.72. The summed E-state index contributed by atoms with van der Waals surface area (Å²) in [7, 11) is 0. The van der Waals surface area contributed by atoms with Crippen LogP contribution in [0, 0.1) is 0 Å². The largest absolute Gasteiger partial charge is 0.489 e. The number of aromatic nitrogens is 1. The first kappa shape index (κ1) is 23.2. The molecule has 4 aromatic carbocycles. The molecular weight excluding hydrogens is 446 g/mol. The van der Waals surface area contributed by atoms with Crippen LogP contribution in [0.3, 0.4) is 0 Å². The first-order valence-corrected chi connectivity index (χ1v) is 12.0. The summed E-state index contributed by atoms with van der Waals surface area (Å²) in [6.45, 7) is 0.509. The number of carboxylic acid groups (broad SMARTS) is 1. The van der Waals surface area contributed by atoms with Crippen LogP contribution in [0.1, 0.15) is 28.7 Å². The number of hydrogen-bond donors (Lipinski definition) is 1. The molecule has 1 N–H and O–H groups in total. The van der Waals surface area contributed by atoms with Gasteiger partial charge in [0.25, 0.3) is 0 Å². The molecular formula is C32H27NO3. The van der Waals surface area contributed by atoms with Crippen molar-refractivity contribution in [2.24, 2.45) is 0 Å². The van der Waals surface area contributed by atoms with Crippen LogP contribution in [-0.2, 0) is 17.8 Å². The molecule has 0 amide bonds. The summed E-state index contributed by atoms with van der Waals surface area (Å²) in [5.74, 6) is 0.0156. The van der Waals surface area contributed by atoms with Gasteiger partial charge in [-0.1, -0.05) is 84.9 Å². The molecule has 0 radical (unpaired) electrons. The Hall–Kier alpha value is -4.57. The van der Waals surface area contributed by atoms with E-state index in [1.54, 1.807) is 0 Å². The molecule has 1 aromatic heterocycles. The average molecular weight is 474 g/mol. The fourth-order valence-corrected chi connectivity index (χ4v) is 4.27. The Morgan fingerprint density at radius 3 is 2.36 bits per heavy atom. The Morgan fingerprint density at radius 2 is 1.58 bits per heavy atom. The number of rotatable bonds is 9. The van der Waals surface area contributed by atoms with E-state index in [0.29, 0.717) is 13.0 Å². The Morgan fingerprint density at radius 1 is 0.806 bits per heavy atom. The van der Waals surface area contributed by atoms with E-state index in [0.717, 1.165) is 44.6 Å². The maximum atomic E-state index is 11.1. The number of fused-ring (bicyclic) bond motifs is 1. The van der Waals surface area contributed by atoms with Gasteiger partial charge in [0.15, 0.2) is 0 Å². The molecule has 0 bridgehead atoms. The summed E-state index contributed by atoms with van der Waals surface area (Å²) in [5.41, 5.74) is 6.39. The number of aliphatic carboxylic acids is 1. The molecule has 0 aliphatic rings. The zero-order chi connectivity index (χ0) is 24.7. The monoisotopic (exact) mass is 473 g/mol. The molecule has 0 saturated heterocycles. The van der Waals surface area contributed by atoms with E-state index < -0.39 is 5.97 Å². The summed E-state index contributed by atoms with van der Waals surface area (Å²) in [5, 5.41) is 10.2. The van der Waals surface area contributed by atoms with Gasteiger partial charge >= 0.3 is 5.97 Å². The van der Waals surface area contributed by atoms with Crippen LogP contribution in [0.25, 0.3) is 28.7 Å². The van der Waals surface area contributed by atoms with Crippen molar-refractivity contribution in [3.8, 4) is 11.4 Å². The lowest BCUT2D eigenvalue weighted by Crippen LogP contribution is -1.98. The van der Waals surface area contributed by atoms with Crippen molar-refractivity contribution in [1.82, 2.24) is 4.57 Å². The number of carbonyl (C=O) groups is 1. The average Bonchev–Trinajstić information content (AvgIpc) is 3.29. The van der Waals surface area contributed by atoms with Gasteiger partial charge in [-0.05, 0) is 47.4 Å². The lowest BCUT2D eigenvalue weighted by Gasteiger charge is -2.10. The maximum absolute atomic E-state index is 11.1. The molecule has 1 heterocycles. The first-order chi connectivity index (χ1) is 17.7. The number of carboxylic acids is 1.